The number of nitrogens with one attached hydrogen (secondary N) is 1. The number of hydrogen-bond acceptors (Lipinski definition) is 4. The summed E-state index contributed by atoms with van der Waals surface area (Å²) in [5, 5.41) is 3.46. The van der Waals surface area contributed by atoms with E-state index < -0.39 is 0 Å². The van der Waals surface area contributed by atoms with E-state index in [0.717, 1.165) is 17.9 Å². The zero-order valence-corrected chi connectivity index (χ0v) is 13.8. The number of primary amides is 1. The van der Waals surface area contributed by atoms with Gasteiger partial charge in [0.25, 0.3) is 0 Å². The number of anilines is 1. The molecule has 0 aliphatic rings. The first-order valence-corrected chi connectivity index (χ1v) is 7.41. The van der Waals surface area contributed by atoms with Crippen LogP contribution in [-0.4, -0.2) is 29.5 Å². The van der Waals surface area contributed by atoms with Crippen LogP contribution in [0.4, 0.5) is 5.82 Å². The lowest BCUT2D eigenvalue weighted by molar-refractivity contribution is -0.116. The van der Waals surface area contributed by atoms with Crippen molar-refractivity contribution >= 4 is 11.7 Å². The highest BCUT2D eigenvalue weighted by atomic mass is 16.1. The number of pyridine rings is 1. The van der Waals surface area contributed by atoms with Gasteiger partial charge >= 0.3 is 0 Å². The van der Waals surface area contributed by atoms with Crippen molar-refractivity contribution in [1.29, 1.82) is 0 Å². The zero-order chi connectivity index (χ0) is 16.0. The topological polar surface area (TPSA) is 71.2 Å². The van der Waals surface area contributed by atoms with Crippen LogP contribution < -0.4 is 16.0 Å². The molecular formula is C16H28N4O. The third-order valence-electron chi connectivity index (χ3n) is 2.91. The number of nitrogens with two attached hydrogens (primary N) is 1. The monoisotopic (exact) mass is 292 g/mol. The van der Waals surface area contributed by atoms with E-state index >= 15 is 0 Å². The molecule has 5 nitrogen and oxygen atoms in total. The largest absolute Gasteiger partial charge is 0.368 e. The lowest BCUT2D eigenvalue weighted by atomic mass is 10.1. The fourth-order valence-corrected chi connectivity index (χ4v) is 2.07. The molecule has 0 aromatic carbocycles. The second-order valence-electron chi connectivity index (χ2n) is 6.83. The summed E-state index contributed by atoms with van der Waals surface area (Å²) in [6.45, 7) is 12.3. The van der Waals surface area contributed by atoms with Gasteiger partial charge < -0.3 is 16.0 Å². The Hall–Kier alpha value is -1.62. The SMILES string of the molecule is CC(C)CN(CC(N)=O)c1ncccc1CNC(C)(C)C. The van der Waals surface area contributed by atoms with Crippen LogP contribution in [0.2, 0.25) is 0 Å². The number of rotatable bonds is 7. The molecule has 1 aromatic rings. The van der Waals surface area contributed by atoms with E-state index in [9.17, 15) is 4.79 Å². The number of aromatic nitrogens is 1. The lowest BCUT2D eigenvalue weighted by Gasteiger charge is -2.28. The predicted molar refractivity (Wildman–Crippen MR) is 87.1 cm³/mol. The number of carbonyl (C=O) groups excluding carboxylic acids is 1. The van der Waals surface area contributed by atoms with Crippen LogP contribution in [0.1, 0.15) is 40.2 Å². The van der Waals surface area contributed by atoms with E-state index in [1.165, 1.54) is 0 Å². The average Bonchev–Trinajstić information content (AvgIpc) is 2.34. The Bertz CT molecular complexity index is 466. The summed E-state index contributed by atoms with van der Waals surface area (Å²) in [5.41, 5.74) is 6.48. The molecule has 1 heterocycles. The Labute approximate surface area is 127 Å². The number of nitrogens with zero attached hydrogens (tertiary/aromatic N) is 2. The van der Waals surface area contributed by atoms with Gasteiger partial charge in [0.1, 0.15) is 5.82 Å². The van der Waals surface area contributed by atoms with E-state index in [0.29, 0.717) is 12.5 Å². The molecule has 1 aromatic heterocycles. The van der Waals surface area contributed by atoms with Crippen LogP contribution in [0.25, 0.3) is 0 Å². The van der Waals surface area contributed by atoms with Gasteiger partial charge in [0, 0.05) is 30.4 Å². The highest BCUT2D eigenvalue weighted by molar-refractivity contribution is 5.79. The average molecular weight is 292 g/mol. The van der Waals surface area contributed by atoms with Gasteiger partial charge in [-0.2, -0.15) is 0 Å². The molecule has 3 N–H and O–H groups in total. The standard InChI is InChI=1S/C16H28N4O/c1-12(2)10-20(11-14(17)21)15-13(7-6-8-18-15)9-19-16(3,4)5/h6-8,12,19H,9-11H2,1-5H3,(H2,17,21). The van der Waals surface area contributed by atoms with Crippen molar-refractivity contribution in [2.45, 2.75) is 46.7 Å². The molecule has 0 aliphatic heterocycles. The summed E-state index contributed by atoms with van der Waals surface area (Å²) >= 11 is 0. The van der Waals surface area contributed by atoms with Crippen molar-refractivity contribution in [3.05, 3.63) is 23.9 Å². The molecule has 21 heavy (non-hydrogen) atoms. The smallest absolute Gasteiger partial charge is 0.236 e. The van der Waals surface area contributed by atoms with Gasteiger partial charge in [-0.1, -0.05) is 19.9 Å². The highest BCUT2D eigenvalue weighted by Crippen LogP contribution is 2.19. The van der Waals surface area contributed by atoms with Crippen molar-refractivity contribution < 1.29 is 4.79 Å². The van der Waals surface area contributed by atoms with Crippen LogP contribution in [0, 0.1) is 5.92 Å². The van der Waals surface area contributed by atoms with E-state index in [1.54, 1.807) is 6.20 Å². The van der Waals surface area contributed by atoms with E-state index in [2.05, 4.69) is 44.9 Å². The summed E-state index contributed by atoms with van der Waals surface area (Å²) in [6.07, 6.45) is 1.75. The first-order chi connectivity index (χ1) is 9.69. The maximum Gasteiger partial charge on any atom is 0.236 e. The van der Waals surface area contributed by atoms with Crippen molar-refractivity contribution in [3.63, 3.8) is 0 Å². The maximum atomic E-state index is 11.3. The quantitative estimate of drug-likeness (QED) is 0.805. The summed E-state index contributed by atoms with van der Waals surface area (Å²) in [6, 6.07) is 3.95. The fourth-order valence-electron chi connectivity index (χ4n) is 2.07. The molecule has 0 atom stereocenters. The van der Waals surface area contributed by atoms with Gasteiger partial charge in [-0.25, -0.2) is 4.98 Å². The van der Waals surface area contributed by atoms with Gasteiger partial charge in [-0.05, 0) is 32.8 Å². The highest BCUT2D eigenvalue weighted by Gasteiger charge is 2.17. The molecule has 118 valence electrons. The van der Waals surface area contributed by atoms with Gasteiger partial charge in [-0.3, -0.25) is 4.79 Å². The normalized spacial score (nSPS) is 11.7. The molecule has 0 unspecified atom stereocenters. The Morgan fingerprint density at radius 3 is 2.62 bits per heavy atom. The van der Waals surface area contributed by atoms with Crippen molar-refractivity contribution in [2.24, 2.45) is 11.7 Å². The van der Waals surface area contributed by atoms with Gasteiger partial charge in [0.15, 0.2) is 0 Å². The summed E-state index contributed by atoms with van der Waals surface area (Å²) in [4.78, 5) is 17.8. The van der Waals surface area contributed by atoms with E-state index in [-0.39, 0.29) is 18.0 Å². The number of hydrogen-bond donors (Lipinski definition) is 2. The number of carbonyl (C=O) groups is 1. The van der Waals surface area contributed by atoms with E-state index in [4.69, 9.17) is 5.73 Å². The second kappa shape index (κ2) is 7.41. The third kappa shape index (κ3) is 6.58. The van der Waals surface area contributed by atoms with Crippen LogP contribution in [-0.2, 0) is 11.3 Å². The molecule has 5 heteroatoms. The molecule has 0 fully saturated rings. The maximum absolute atomic E-state index is 11.3. The molecule has 0 aliphatic carbocycles. The predicted octanol–water partition coefficient (Wildman–Crippen LogP) is 1.92. The minimum Gasteiger partial charge on any atom is -0.368 e. The van der Waals surface area contributed by atoms with Crippen molar-refractivity contribution in [2.75, 3.05) is 18.0 Å². The summed E-state index contributed by atoms with van der Waals surface area (Å²) in [7, 11) is 0. The van der Waals surface area contributed by atoms with Crippen LogP contribution in [0.15, 0.2) is 18.3 Å². The van der Waals surface area contributed by atoms with Gasteiger partial charge in [0.05, 0.1) is 6.54 Å². The first-order valence-electron chi connectivity index (χ1n) is 7.41. The Kier molecular flexibility index (Phi) is 6.15. The summed E-state index contributed by atoms with van der Waals surface area (Å²) in [5.74, 6) is 0.924. The molecule has 0 spiro atoms. The Morgan fingerprint density at radius 1 is 1.43 bits per heavy atom. The molecule has 1 amide bonds. The Balaban J connectivity index is 2.98. The second-order valence-corrected chi connectivity index (χ2v) is 6.83. The van der Waals surface area contributed by atoms with Crippen LogP contribution >= 0.6 is 0 Å². The fraction of sp³-hybridized carbons (Fsp3) is 0.625. The molecule has 0 radical (unpaired) electrons. The van der Waals surface area contributed by atoms with Crippen molar-refractivity contribution in [3.8, 4) is 0 Å². The lowest BCUT2D eigenvalue weighted by Crippen LogP contribution is -2.39. The molecule has 0 saturated carbocycles. The number of amides is 1. The molecule has 1 rings (SSSR count). The van der Waals surface area contributed by atoms with Crippen molar-refractivity contribution in [1.82, 2.24) is 10.3 Å². The zero-order valence-electron chi connectivity index (χ0n) is 13.8. The van der Waals surface area contributed by atoms with Gasteiger partial charge in [-0.15, -0.1) is 0 Å². The van der Waals surface area contributed by atoms with Gasteiger partial charge in [0.2, 0.25) is 5.91 Å². The first kappa shape index (κ1) is 17.4. The van der Waals surface area contributed by atoms with Crippen LogP contribution in [0.5, 0.6) is 0 Å². The van der Waals surface area contributed by atoms with E-state index in [1.807, 2.05) is 17.0 Å². The minimum atomic E-state index is -0.337. The Morgan fingerprint density at radius 2 is 2.10 bits per heavy atom. The third-order valence-corrected chi connectivity index (χ3v) is 2.91. The molecule has 0 bridgehead atoms. The summed E-state index contributed by atoms with van der Waals surface area (Å²) < 4.78 is 0. The molecule has 0 saturated heterocycles. The molecular weight excluding hydrogens is 264 g/mol. The minimum absolute atomic E-state index is 0.0275. The van der Waals surface area contributed by atoms with Crippen LogP contribution in [0.3, 0.4) is 0 Å².